The van der Waals surface area contributed by atoms with Crippen LogP contribution in [0.1, 0.15) is 24.0 Å². The molecule has 1 saturated heterocycles. The van der Waals surface area contributed by atoms with Crippen molar-refractivity contribution in [2.75, 3.05) is 23.7 Å². The molecule has 1 fully saturated rings. The summed E-state index contributed by atoms with van der Waals surface area (Å²) in [4.78, 5) is 6.44. The molecule has 1 aromatic heterocycles. The number of piperidine rings is 1. The number of benzene rings is 1. The van der Waals surface area contributed by atoms with Crippen molar-refractivity contribution in [3.63, 3.8) is 0 Å². The molecule has 2 heterocycles. The number of nitrogens with zero attached hydrogens (tertiary/aromatic N) is 2. The third-order valence-corrected chi connectivity index (χ3v) is 4.37. The summed E-state index contributed by atoms with van der Waals surface area (Å²) in [6, 6.07) is 12.2. The Balaban J connectivity index is 1.81. The number of hydrogen-bond donors (Lipinski definition) is 2. The molecule has 4 heteroatoms. The summed E-state index contributed by atoms with van der Waals surface area (Å²) >= 11 is 0. The zero-order valence-corrected chi connectivity index (χ0v) is 12.3. The Kier molecular flexibility index (Phi) is 3.55. The van der Waals surface area contributed by atoms with E-state index < -0.39 is 5.60 Å². The summed E-state index contributed by atoms with van der Waals surface area (Å²) in [5, 5.41) is 11.0. The van der Waals surface area contributed by atoms with Crippen LogP contribution in [0.5, 0.6) is 0 Å². The van der Waals surface area contributed by atoms with Crippen LogP contribution < -0.4 is 10.6 Å². The smallest absolute Gasteiger partial charge is 0.129 e. The first-order chi connectivity index (χ1) is 10.1. The number of nitrogens with two attached hydrogens (primary N) is 1. The number of anilines is 2. The van der Waals surface area contributed by atoms with Gasteiger partial charge in [-0.1, -0.05) is 18.2 Å². The molecule has 0 aliphatic carbocycles. The molecule has 21 heavy (non-hydrogen) atoms. The Morgan fingerprint density at radius 2 is 1.81 bits per heavy atom. The number of aromatic nitrogens is 1. The number of hydrogen-bond acceptors (Lipinski definition) is 4. The van der Waals surface area contributed by atoms with Crippen molar-refractivity contribution in [2.24, 2.45) is 0 Å². The number of aryl methyl sites for hydroxylation is 1. The molecule has 2 aromatic rings. The molecule has 1 aliphatic rings. The Bertz CT molecular complexity index is 599. The molecule has 3 N–H and O–H groups in total. The maximum atomic E-state index is 11.0. The molecule has 0 unspecified atom stereocenters. The van der Waals surface area contributed by atoms with E-state index in [1.54, 1.807) is 6.20 Å². The van der Waals surface area contributed by atoms with E-state index in [0.717, 1.165) is 24.2 Å². The normalized spacial score (nSPS) is 17.7. The van der Waals surface area contributed by atoms with Crippen molar-refractivity contribution in [1.82, 2.24) is 4.98 Å². The molecule has 0 bridgehead atoms. The Labute approximate surface area is 125 Å². The molecule has 0 atom stereocenters. The number of aliphatic hydroxyl groups is 1. The lowest BCUT2D eigenvalue weighted by molar-refractivity contribution is 0.0117. The second-order valence-electron chi connectivity index (χ2n) is 5.74. The van der Waals surface area contributed by atoms with Gasteiger partial charge in [0.25, 0.3) is 0 Å². The predicted molar refractivity (Wildman–Crippen MR) is 85.2 cm³/mol. The van der Waals surface area contributed by atoms with E-state index in [4.69, 9.17) is 5.73 Å². The highest BCUT2D eigenvalue weighted by molar-refractivity contribution is 5.50. The molecule has 1 aromatic carbocycles. The molecule has 110 valence electrons. The second kappa shape index (κ2) is 5.37. The van der Waals surface area contributed by atoms with Crippen LogP contribution in [0.25, 0.3) is 0 Å². The second-order valence-corrected chi connectivity index (χ2v) is 5.74. The minimum atomic E-state index is -0.867. The van der Waals surface area contributed by atoms with Crippen molar-refractivity contribution in [3.8, 4) is 0 Å². The van der Waals surface area contributed by atoms with Crippen molar-refractivity contribution in [2.45, 2.75) is 25.4 Å². The molecular formula is C17H21N3O. The highest BCUT2D eigenvalue weighted by atomic mass is 16.3. The summed E-state index contributed by atoms with van der Waals surface area (Å²) in [7, 11) is 0. The number of pyridine rings is 1. The summed E-state index contributed by atoms with van der Waals surface area (Å²) in [5.74, 6) is 0.450. The highest BCUT2D eigenvalue weighted by Crippen LogP contribution is 2.38. The van der Waals surface area contributed by atoms with E-state index in [2.05, 4.69) is 22.0 Å². The topological polar surface area (TPSA) is 62.4 Å². The van der Waals surface area contributed by atoms with Crippen LogP contribution in [-0.4, -0.2) is 23.2 Å². The van der Waals surface area contributed by atoms with Gasteiger partial charge in [-0.3, -0.25) is 0 Å². The van der Waals surface area contributed by atoms with Crippen LogP contribution in [0, 0.1) is 6.92 Å². The molecule has 0 amide bonds. The lowest BCUT2D eigenvalue weighted by Gasteiger charge is -2.40. The van der Waals surface area contributed by atoms with Crippen molar-refractivity contribution in [3.05, 3.63) is 53.7 Å². The monoisotopic (exact) mass is 283 g/mol. The Morgan fingerprint density at radius 3 is 2.43 bits per heavy atom. The SMILES string of the molecule is Cc1ccnc(N)c1C1(O)CCN(c2ccccc2)CC1. The van der Waals surface area contributed by atoms with E-state index in [0.29, 0.717) is 18.7 Å². The van der Waals surface area contributed by atoms with E-state index in [1.165, 1.54) is 5.69 Å². The van der Waals surface area contributed by atoms with Crippen molar-refractivity contribution >= 4 is 11.5 Å². The van der Waals surface area contributed by atoms with Gasteiger partial charge in [-0.2, -0.15) is 0 Å². The lowest BCUT2D eigenvalue weighted by atomic mass is 9.82. The van der Waals surface area contributed by atoms with Gasteiger partial charge in [0, 0.05) is 30.5 Å². The summed E-state index contributed by atoms with van der Waals surface area (Å²) < 4.78 is 0. The van der Waals surface area contributed by atoms with Crippen molar-refractivity contribution in [1.29, 1.82) is 0 Å². The van der Waals surface area contributed by atoms with Gasteiger partial charge in [0.15, 0.2) is 0 Å². The van der Waals surface area contributed by atoms with Gasteiger partial charge in [0.2, 0.25) is 0 Å². The van der Waals surface area contributed by atoms with E-state index in [1.807, 2.05) is 31.2 Å². The Hall–Kier alpha value is -2.07. The molecule has 0 radical (unpaired) electrons. The predicted octanol–water partition coefficient (Wildman–Crippen LogP) is 2.46. The van der Waals surface area contributed by atoms with Gasteiger partial charge in [-0.05, 0) is 43.5 Å². The average Bonchev–Trinajstić information content (AvgIpc) is 2.48. The number of para-hydroxylation sites is 1. The molecule has 3 rings (SSSR count). The zero-order chi connectivity index (χ0) is 14.9. The fourth-order valence-electron chi connectivity index (χ4n) is 3.21. The van der Waals surface area contributed by atoms with E-state index in [-0.39, 0.29) is 0 Å². The lowest BCUT2D eigenvalue weighted by Crippen LogP contribution is -2.43. The van der Waals surface area contributed by atoms with Crippen LogP contribution in [0.2, 0.25) is 0 Å². The fraction of sp³-hybridized carbons (Fsp3) is 0.353. The van der Waals surface area contributed by atoms with Crippen LogP contribution in [0.15, 0.2) is 42.6 Å². The third-order valence-electron chi connectivity index (χ3n) is 4.37. The summed E-state index contributed by atoms with van der Waals surface area (Å²) in [6.07, 6.45) is 3.02. The minimum absolute atomic E-state index is 0.450. The minimum Gasteiger partial charge on any atom is -0.385 e. The van der Waals surface area contributed by atoms with Crippen LogP contribution in [-0.2, 0) is 5.60 Å². The zero-order valence-electron chi connectivity index (χ0n) is 12.3. The molecular weight excluding hydrogens is 262 g/mol. The van der Waals surface area contributed by atoms with Gasteiger partial charge in [-0.25, -0.2) is 4.98 Å². The van der Waals surface area contributed by atoms with Gasteiger partial charge in [0.1, 0.15) is 5.82 Å². The molecule has 4 nitrogen and oxygen atoms in total. The van der Waals surface area contributed by atoms with Gasteiger partial charge in [-0.15, -0.1) is 0 Å². The van der Waals surface area contributed by atoms with Gasteiger partial charge < -0.3 is 15.7 Å². The fourth-order valence-corrected chi connectivity index (χ4v) is 3.21. The standard InChI is InChI=1S/C17H21N3O/c1-13-7-10-19-16(18)15(13)17(21)8-11-20(12-9-17)14-5-3-2-4-6-14/h2-7,10,21H,8-9,11-12H2,1H3,(H2,18,19). The molecule has 1 aliphatic heterocycles. The first-order valence-electron chi connectivity index (χ1n) is 7.34. The molecule has 0 saturated carbocycles. The first-order valence-corrected chi connectivity index (χ1v) is 7.34. The maximum Gasteiger partial charge on any atom is 0.129 e. The average molecular weight is 283 g/mol. The first kappa shape index (κ1) is 13.9. The largest absolute Gasteiger partial charge is 0.385 e. The number of rotatable bonds is 2. The van der Waals surface area contributed by atoms with Crippen molar-refractivity contribution < 1.29 is 5.11 Å². The Morgan fingerprint density at radius 1 is 1.14 bits per heavy atom. The van der Waals surface area contributed by atoms with Crippen LogP contribution in [0.3, 0.4) is 0 Å². The maximum absolute atomic E-state index is 11.0. The quantitative estimate of drug-likeness (QED) is 0.888. The van der Waals surface area contributed by atoms with Crippen LogP contribution >= 0.6 is 0 Å². The third kappa shape index (κ3) is 2.59. The number of nitrogen functional groups attached to an aromatic ring is 1. The van der Waals surface area contributed by atoms with E-state index in [9.17, 15) is 5.11 Å². The summed E-state index contributed by atoms with van der Waals surface area (Å²) in [5.41, 5.74) is 8.15. The van der Waals surface area contributed by atoms with Gasteiger partial charge in [0.05, 0.1) is 5.60 Å². The van der Waals surface area contributed by atoms with Gasteiger partial charge >= 0.3 is 0 Å². The summed E-state index contributed by atoms with van der Waals surface area (Å²) in [6.45, 7) is 3.61. The molecule has 0 spiro atoms. The van der Waals surface area contributed by atoms with E-state index >= 15 is 0 Å². The highest BCUT2D eigenvalue weighted by Gasteiger charge is 2.37. The van der Waals surface area contributed by atoms with Crippen LogP contribution in [0.4, 0.5) is 11.5 Å².